The van der Waals surface area contributed by atoms with Crippen molar-refractivity contribution in [2.24, 2.45) is 28.7 Å². The summed E-state index contributed by atoms with van der Waals surface area (Å²) in [6.45, 7) is -1.02. The lowest BCUT2D eigenvalue weighted by atomic mass is 9.85. The standard InChI is InChI=1S/C23H45N5O14/c24-2-7-13(32)15(34)10(27)21(37-7)40-18-5(26)1-6(30)12(31)20(18)42-23-17(36)19(9(4-29)39-23)41-22-11(28)16(35)14(33)8(3-25)38-22/h5-23,29-36H,1-4,24-28H2/t5-,6+,7+,8+,9+,10+,11-,12-,13+,14-,15+,16-,17+,18+,19+,20+,21+,22+,23-/m0/s1. The Morgan fingerprint density at radius 3 is 1.48 bits per heavy atom. The van der Waals surface area contributed by atoms with Crippen molar-refractivity contribution in [2.45, 2.75) is 123 Å². The van der Waals surface area contributed by atoms with E-state index in [1.807, 2.05) is 0 Å². The summed E-state index contributed by atoms with van der Waals surface area (Å²) in [6.07, 6.45) is -22.1. The van der Waals surface area contributed by atoms with Crippen molar-refractivity contribution < 1.29 is 69.3 Å². The van der Waals surface area contributed by atoms with Crippen LogP contribution in [0.5, 0.6) is 0 Å². The zero-order valence-electron chi connectivity index (χ0n) is 22.7. The van der Waals surface area contributed by atoms with Gasteiger partial charge in [-0.05, 0) is 6.42 Å². The number of ether oxygens (including phenoxy) is 6. The summed E-state index contributed by atoms with van der Waals surface area (Å²) in [5.41, 5.74) is 29.4. The van der Waals surface area contributed by atoms with E-state index in [2.05, 4.69) is 0 Å². The molecule has 0 aromatic carbocycles. The van der Waals surface area contributed by atoms with Gasteiger partial charge in [-0.3, -0.25) is 0 Å². The Bertz CT molecular complexity index is 866. The molecule has 18 N–H and O–H groups in total. The minimum Gasteiger partial charge on any atom is -0.394 e. The van der Waals surface area contributed by atoms with Crippen LogP contribution in [0.3, 0.4) is 0 Å². The minimum atomic E-state index is -1.65. The summed E-state index contributed by atoms with van der Waals surface area (Å²) in [5.74, 6) is 0. The normalized spacial score (nSPS) is 53.8. The van der Waals surface area contributed by atoms with Gasteiger partial charge < -0.3 is 97.9 Å². The number of nitrogens with two attached hydrogens (primary N) is 5. The van der Waals surface area contributed by atoms with Crippen molar-refractivity contribution in [3.8, 4) is 0 Å². The van der Waals surface area contributed by atoms with Crippen LogP contribution in [0.2, 0.25) is 0 Å². The highest BCUT2D eigenvalue weighted by atomic mass is 16.8. The third kappa shape index (κ3) is 6.60. The first-order valence-electron chi connectivity index (χ1n) is 13.8. The summed E-state index contributed by atoms with van der Waals surface area (Å²) in [5, 5.41) is 83.2. The zero-order chi connectivity index (χ0) is 31.0. The van der Waals surface area contributed by atoms with Gasteiger partial charge in [0.2, 0.25) is 0 Å². The molecule has 19 heteroatoms. The first-order chi connectivity index (χ1) is 19.8. The molecule has 19 atom stereocenters. The summed E-state index contributed by atoms with van der Waals surface area (Å²) < 4.78 is 34.4. The smallest absolute Gasteiger partial charge is 0.187 e. The molecular formula is C23H45N5O14. The summed E-state index contributed by atoms with van der Waals surface area (Å²) >= 11 is 0. The second-order valence-corrected chi connectivity index (χ2v) is 11.2. The van der Waals surface area contributed by atoms with Crippen LogP contribution in [0.1, 0.15) is 6.42 Å². The fourth-order valence-corrected chi connectivity index (χ4v) is 5.68. The second kappa shape index (κ2) is 14.1. The van der Waals surface area contributed by atoms with E-state index in [9.17, 15) is 40.9 Å². The lowest BCUT2D eigenvalue weighted by Crippen LogP contribution is -2.67. The van der Waals surface area contributed by atoms with Crippen LogP contribution in [0, 0.1) is 0 Å². The highest BCUT2D eigenvalue weighted by Crippen LogP contribution is 2.34. The van der Waals surface area contributed by atoms with Gasteiger partial charge in [0.1, 0.15) is 73.2 Å². The molecule has 0 bridgehead atoms. The van der Waals surface area contributed by atoms with Gasteiger partial charge in [-0.25, -0.2) is 0 Å². The Balaban J connectivity index is 1.50. The van der Waals surface area contributed by atoms with Crippen LogP contribution in [0.15, 0.2) is 0 Å². The van der Waals surface area contributed by atoms with Crippen LogP contribution in [-0.2, 0) is 28.4 Å². The largest absolute Gasteiger partial charge is 0.394 e. The lowest BCUT2D eigenvalue weighted by Gasteiger charge is -2.47. The summed E-state index contributed by atoms with van der Waals surface area (Å²) in [4.78, 5) is 0. The topological polar surface area (TPSA) is 347 Å². The van der Waals surface area contributed by atoms with E-state index in [1.54, 1.807) is 0 Å². The van der Waals surface area contributed by atoms with Crippen molar-refractivity contribution in [3.05, 3.63) is 0 Å². The minimum absolute atomic E-state index is 0.133. The van der Waals surface area contributed by atoms with Crippen LogP contribution >= 0.6 is 0 Å². The van der Waals surface area contributed by atoms with Crippen LogP contribution < -0.4 is 28.7 Å². The van der Waals surface area contributed by atoms with Gasteiger partial charge in [-0.1, -0.05) is 0 Å². The molecule has 3 heterocycles. The fourth-order valence-electron chi connectivity index (χ4n) is 5.68. The lowest BCUT2D eigenvalue weighted by molar-refractivity contribution is -0.311. The molecular weight excluding hydrogens is 570 g/mol. The molecule has 0 aromatic rings. The van der Waals surface area contributed by atoms with Crippen LogP contribution in [-0.4, -0.2) is 177 Å². The average Bonchev–Trinajstić information content (AvgIpc) is 3.27. The molecule has 0 spiro atoms. The van der Waals surface area contributed by atoms with E-state index in [-0.39, 0.29) is 19.5 Å². The average molecular weight is 616 g/mol. The molecule has 4 aliphatic rings. The molecule has 3 saturated heterocycles. The molecule has 3 aliphatic heterocycles. The number of aliphatic hydroxyl groups excluding tert-OH is 8. The molecule has 246 valence electrons. The molecule has 0 unspecified atom stereocenters. The van der Waals surface area contributed by atoms with Crippen molar-refractivity contribution in [1.82, 2.24) is 0 Å². The first kappa shape index (κ1) is 34.1. The molecule has 0 amide bonds. The van der Waals surface area contributed by atoms with E-state index >= 15 is 0 Å². The van der Waals surface area contributed by atoms with Gasteiger partial charge in [-0.2, -0.15) is 0 Å². The Morgan fingerprint density at radius 2 is 1.00 bits per heavy atom. The van der Waals surface area contributed by atoms with Crippen LogP contribution in [0.4, 0.5) is 0 Å². The third-order valence-corrected chi connectivity index (χ3v) is 8.30. The summed E-state index contributed by atoms with van der Waals surface area (Å²) in [7, 11) is 0. The SMILES string of the molecule is NC[C@H]1O[C@H](O[C@H]2[C@@H](O)[C@H](O[C@@H]3[C@@H](O)[C@H](O)C[C@H](N)[C@H]3O[C@H]3O[C@H](CN)[C@@H](O)[C@H](O)[C@H]3N)O[C@@H]2CO)[C@@H](N)[C@H](O)[C@H]1O. The van der Waals surface area contributed by atoms with E-state index in [1.165, 1.54) is 0 Å². The molecule has 42 heavy (non-hydrogen) atoms. The van der Waals surface area contributed by atoms with Gasteiger partial charge in [0.25, 0.3) is 0 Å². The predicted molar refractivity (Wildman–Crippen MR) is 136 cm³/mol. The van der Waals surface area contributed by atoms with Gasteiger partial charge in [0, 0.05) is 19.1 Å². The van der Waals surface area contributed by atoms with E-state index < -0.39 is 123 Å². The number of rotatable bonds is 9. The molecule has 0 radical (unpaired) electrons. The van der Waals surface area contributed by atoms with Crippen LogP contribution in [0.25, 0.3) is 0 Å². The molecule has 1 saturated carbocycles. The Morgan fingerprint density at radius 1 is 0.548 bits per heavy atom. The Labute approximate surface area is 240 Å². The predicted octanol–water partition coefficient (Wildman–Crippen LogP) is -8.86. The highest BCUT2D eigenvalue weighted by molar-refractivity contribution is 5.01. The maximum Gasteiger partial charge on any atom is 0.187 e. The van der Waals surface area contributed by atoms with Gasteiger partial charge >= 0.3 is 0 Å². The fraction of sp³-hybridized carbons (Fsp3) is 1.00. The molecule has 19 nitrogen and oxygen atoms in total. The quantitative estimate of drug-likeness (QED) is 0.114. The molecule has 4 fully saturated rings. The molecule has 1 aliphatic carbocycles. The first-order valence-corrected chi connectivity index (χ1v) is 13.8. The van der Waals surface area contributed by atoms with Gasteiger partial charge in [0.15, 0.2) is 18.9 Å². The number of hydrogen-bond acceptors (Lipinski definition) is 19. The summed E-state index contributed by atoms with van der Waals surface area (Å²) in [6, 6.07) is -3.49. The van der Waals surface area contributed by atoms with E-state index in [0.29, 0.717) is 0 Å². The monoisotopic (exact) mass is 615 g/mol. The zero-order valence-corrected chi connectivity index (χ0v) is 22.7. The highest BCUT2D eigenvalue weighted by Gasteiger charge is 2.54. The van der Waals surface area contributed by atoms with E-state index in [4.69, 9.17) is 57.1 Å². The number of aliphatic hydroxyl groups is 8. The van der Waals surface area contributed by atoms with Crippen molar-refractivity contribution in [1.29, 1.82) is 0 Å². The Hall–Kier alpha value is -0.760. The van der Waals surface area contributed by atoms with Crippen molar-refractivity contribution in [2.75, 3.05) is 19.7 Å². The van der Waals surface area contributed by atoms with Gasteiger partial charge in [-0.15, -0.1) is 0 Å². The molecule has 0 aromatic heterocycles. The van der Waals surface area contributed by atoms with Crippen molar-refractivity contribution in [3.63, 3.8) is 0 Å². The Kier molecular flexibility index (Phi) is 11.5. The molecule has 4 rings (SSSR count). The maximum atomic E-state index is 11.1. The number of hydrogen-bond donors (Lipinski definition) is 13. The van der Waals surface area contributed by atoms with Crippen molar-refractivity contribution >= 4 is 0 Å². The second-order valence-electron chi connectivity index (χ2n) is 11.2. The van der Waals surface area contributed by atoms with E-state index in [0.717, 1.165) is 0 Å². The maximum absolute atomic E-state index is 11.1. The van der Waals surface area contributed by atoms with Gasteiger partial charge in [0.05, 0.1) is 24.8 Å². The third-order valence-electron chi connectivity index (χ3n) is 8.30.